The number of hydrogen-bond donors (Lipinski definition) is 2. The number of methoxy groups -OCH3 is 2. The number of esters is 2. The van der Waals surface area contributed by atoms with Gasteiger partial charge < -0.3 is 14.8 Å². The fraction of sp³-hybridized carbons (Fsp3) is 0.286. The Hall–Kier alpha value is -3.53. The highest BCUT2D eigenvalue weighted by Gasteiger charge is 2.28. The lowest BCUT2D eigenvalue weighted by Crippen LogP contribution is -2.32. The summed E-state index contributed by atoms with van der Waals surface area (Å²) in [5.41, 5.74) is 4.32. The highest BCUT2D eigenvalue weighted by molar-refractivity contribution is 7.17. The maximum Gasteiger partial charge on any atom is 0.341 e. The molecule has 31 heavy (non-hydrogen) atoms. The Kier molecular flexibility index (Phi) is 7.14. The number of thiophene rings is 1. The first-order valence-corrected chi connectivity index (χ1v) is 10.3. The smallest absolute Gasteiger partial charge is 0.341 e. The van der Waals surface area contributed by atoms with Crippen molar-refractivity contribution in [3.05, 3.63) is 51.4 Å². The average molecular weight is 443 g/mol. The second-order valence-electron chi connectivity index (χ2n) is 6.67. The van der Waals surface area contributed by atoms with Crippen LogP contribution in [0.4, 0.5) is 5.00 Å². The zero-order valence-electron chi connectivity index (χ0n) is 17.0. The van der Waals surface area contributed by atoms with Crippen molar-refractivity contribution in [1.29, 1.82) is 0 Å². The third-order valence-corrected chi connectivity index (χ3v) is 5.91. The number of benzene rings is 1. The van der Waals surface area contributed by atoms with E-state index in [0.29, 0.717) is 21.7 Å². The molecule has 9 nitrogen and oxygen atoms in total. The van der Waals surface area contributed by atoms with E-state index in [1.54, 1.807) is 24.3 Å². The number of carbonyl (C=O) groups excluding carboxylic acids is 4. The van der Waals surface area contributed by atoms with E-state index in [0.717, 1.165) is 36.1 Å². The largest absolute Gasteiger partial charge is 0.465 e. The molecule has 3 rings (SSSR count). The van der Waals surface area contributed by atoms with Gasteiger partial charge in [-0.25, -0.2) is 15.0 Å². The quantitative estimate of drug-likeness (QED) is 0.316. The van der Waals surface area contributed by atoms with Crippen LogP contribution >= 0.6 is 11.3 Å². The number of hydrazone groups is 1. The summed E-state index contributed by atoms with van der Waals surface area (Å²) >= 11 is 1.29. The van der Waals surface area contributed by atoms with Gasteiger partial charge in [-0.15, -0.1) is 11.3 Å². The van der Waals surface area contributed by atoms with E-state index >= 15 is 0 Å². The fourth-order valence-corrected chi connectivity index (χ4v) is 4.44. The van der Waals surface area contributed by atoms with Gasteiger partial charge in [0.05, 0.1) is 31.6 Å². The number of nitrogens with one attached hydrogen (secondary N) is 2. The summed E-state index contributed by atoms with van der Waals surface area (Å²) in [6.07, 6.45) is 4.85. The molecule has 2 N–H and O–H groups in total. The predicted octanol–water partition coefficient (Wildman–Crippen LogP) is 2.29. The van der Waals surface area contributed by atoms with Crippen molar-refractivity contribution in [3.63, 3.8) is 0 Å². The lowest BCUT2D eigenvalue weighted by Gasteiger charge is -2.11. The summed E-state index contributed by atoms with van der Waals surface area (Å²) in [6.45, 7) is 0. The number of aryl methyl sites for hydroxylation is 1. The minimum absolute atomic E-state index is 0.307. The van der Waals surface area contributed by atoms with Gasteiger partial charge in [0.1, 0.15) is 5.00 Å². The van der Waals surface area contributed by atoms with Gasteiger partial charge in [0, 0.05) is 4.88 Å². The maximum absolute atomic E-state index is 12.3. The molecule has 0 saturated heterocycles. The normalized spacial score (nSPS) is 12.7. The number of amides is 2. The van der Waals surface area contributed by atoms with Gasteiger partial charge >= 0.3 is 23.8 Å². The average Bonchev–Trinajstić information content (AvgIpc) is 3.16. The Morgan fingerprint density at radius 2 is 1.65 bits per heavy atom. The van der Waals surface area contributed by atoms with Gasteiger partial charge in [0.15, 0.2) is 0 Å². The van der Waals surface area contributed by atoms with Gasteiger partial charge in [-0.05, 0) is 48.9 Å². The Labute approximate surface area is 182 Å². The molecule has 0 radical (unpaired) electrons. The van der Waals surface area contributed by atoms with E-state index in [2.05, 4.69) is 20.6 Å². The number of anilines is 1. The Morgan fingerprint density at radius 1 is 0.968 bits per heavy atom. The van der Waals surface area contributed by atoms with Crippen molar-refractivity contribution in [2.45, 2.75) is 25.7 Å². The summed E-state index contributed by atoms with van der Waals surface area (Å²) in [7, 11) is 2.57. The van der Waals surface area contributed by atoms with Gasteiger partial charge in [-0.2, -0.15) is 5.10 Å². The van der Waals surface area contributed by atoms with Crippen LogP contribution in [0.15, 0.2) is 29.4 Å². The molecule has 162 valence electrons. The Bertz CT molecular complexity index is 1040. The monoisotopic (exact) mass is 443 g/mol. The number of ether oxygens (including phenoxy) is 2. The standard InChI is InChI=1S/C21H21N3O6S/c1-29-20(27)13-9-7-12(8-10-13)11-22-24-18(26)17(25)23-19-16(21(28)30-2)14-5-3-4-6-15(14)31-19/h7-11H,3-6H2,1-2H3,(H,23,25)(H,24,26). The predicted molar refractivity (Wildman–Crippen MR) is 114 cm³/mol. The van der Waals surface area contributed by atoms with Gasteiger partial charge in [-0.3, -0.25) is 9.59 Å². The molecule has 1 aliphatic carbocycles. The van der Waals surface area contributed by atoms with Crippen LogP contribution in [0, 0.1) is 0 Å². The molecule has 1 aliphatic rings. The zero-order chi connectivity index (χ0) is 22.4. The molecule has 1 heterocycles. The number of rotatable bonds is 5. The molecule has 0 atom stereocenters. The highest BCUT2D eigenvalue weighted by atomic mass is 32.1. The summed E-state index contributed by atoms with van der Waals surface area (Å²) in [5, 5.41) is 6.55. The minimum Gasteiger partial charge on any atom is -0.465 e. The van der Waals surface area contributed by atoms with Crippen LogP contribution < -0.4 is 10.7 Å². The van der Waals surface area contributed by atoms with E-state index in [1.807, 2.05) is 0 Å². The van der Waals surface area contributed by atoms with Crippen LogP contribution in [-0.2, 0) is 31.9 Å². The van der Waals surface area contributed by atoms with Crippen LogP contribution in [-0.4, -0.2) is 44.2 Å². The number of fused-ring (bicyclic) bond motifs is 1. The molecule has 0 spiro atoms. The van der Waals surface area contributed by atoms with Crippen molar-refractivity contribution in [2.24, 2.45) is 5.10 Å². The lowest BCUT2D eigenvalue weighted by molar-refractivity contribution is -0.136. The van der Waals surface area contributed by atoms with Crippen LogP contribution in [0.25, 0.3) is 0 Å². The second-order valence-corrected chi connectivity index (χ2v) is 7.78. The first-order valence-electron chi connectivity index (χ1n) is 9.50. The molecule has 1 aromatic heterocycles. The van der Waals surface area contributed by atoms with Crippen molar-refractivity contribution in [2.75, 3.05) is 19.5 Å². The van der Waals surface area contributed by atoms with E-state index < -0.39 is 23.8 Å². The van der Waals surface area contributed by atoms with Crippen molar-refractivity contribution in [3.8, 4) is 0 Å². The lowest BCUT2D eigenvalue weighted by atomic mass is 9.95. The number of carbonyl (C=O) groups is 4. The van der Waals surface area contributed by atoms with Gasteiger partial charge in [0.2, 0.25) is 0 Å². The SMILES string of the molecule is COC(=O)c1ccc(C=NNC(=O)C(=O)Nc2sc3c(c2C(=O)OC)CCCC3)cc1. The second kappa shape index (κ2) is 9.98. The summed E-state index contributed by atoms with van der Waals surface area (Å²) in [6, 6.07) is 6.32. The van der Waals surface area contributed by atoms with Gasteiger partial charge in [0.25, 0.3) is 0 Å². The molecule has 1 aromatic carbocycles. The van der Waals surface area contributed by atoms with E-state index in [-0.39, 0.29) is 0 Å². The van der Waals surface area contributed by atoms with Crippen molar-refractivity contribution in [1.82, 2.24) is 5.43 Å². The molecular formula is C21H21N3O6S. The van der Waals surface area contributed by atoms with Crippen molar-refractivity contribution >= 4 is 46.3 Å². The molecule has 0 unspecified atom stereocenters. The first-order chi connectivity index (χ1) is 14.9. The molecule has 0 saturated carbocycles. The molecule has 0 bridgehead atoms. The van der Waals surface area contributed by atoms with Crippen LogP contribution in [0.3, 0.4) is 0 Å². The molecule has 0 aliphatic heterocycles. The van der Waals surface area contributed by atoms with Crippen molar-refractivity contribution < 1.29 is 28.7 Å². The minimum atomic E-state index is -0.982. The Balaban J connectivity index is 1.64. The molecule has 0 fully saturated rings. The highest BCUT2D eigenvalue weighted by Crippen LogP contribution is 2.38. The maximum atomic E-state index is 12.3. The molecular weight excluding hydrogens is 422 g/mol. The number of nitrogens with zero attached hydrogens (tertiary/aromatic N) is 1. The molecule has 2 aromatic rings. The van der Waals surface area contributed by atoms with E-state index in [1.165, 1.54) is 31.8 Å². The summed E-state index contributed by atoms with van der Waals surface area (Å²) in [4.78, 5) is 49.0. The van der Waals surface area contributed by atoms with E-state index in [4.69, 9.17) is 4.74 Å². The zero-order valence-corrected chi connectivity index (χ0v) is 17.8. The third kappa shape index (κ3) is 5.15. The van der Waals surface area contributed by atoms with Gasteiger partial charge in [-0.1, -0.05) is 12.1 Å². The van der Waals surface area contributed by atoms with E-state index in [9.17, 15) is 19.2 Å². The molecule has 2 amide bonds. The van der Waals surface area contributed by atoms with Crippen LogP contribution in [0.2, 0.25) is 0 Å². The fourth-order valence-electron chi connectivity index (χ4n) is 3.17. The topological polar surface area (TPSA) is 123 Å². The van der Waals surface area contributed by atoms with Crippen LogP contribution in [0.1, 0.15) is 49.6 Å². The third-order valence-electron chi connectivity index (χ3n) is 4.71. The summed E-state index contributed by atoms with van der Waals surface area (Å²) < 4.78 is 9.47. The molecule has 10 heteroatoms. The number of hydrogen-bond acceptors (Lipinski definition) is 8. The first kappa shape index (κ1) is 22.2. The van der Waals surface area contributed by atoms with Crippen LogP contribution in [0.5, 0.6) is 0 Å². The summed E-state index contributed by atoms with van der Waals surface area (Å²) in [5.74, 6) is -2.93. The Morgan fingerprint density at radius 3 is 2.32 bits per heavy atom.